The van der Waals surface area contributed by atoms with Gasteiger partial charge in [-0.05, 0) is 53.9 Å². The van der Waals surface area contributed by atoms with E-state index in [1.165, 1.54) is 16.3 Å². The van der Waals surface area contributed by atoms with E-state index in [1.807, 2.05) is 24.3 Å². The van der Waals surface area contributed by atoms with E-state index in [-0.39, 0.29) is 36.4 Å². The molecule has 0 aliphatic carbocycles. The SMILES string of the molecule is CC(C)(NCc1cccc2ccccc12)C(N)c1ccnc2cc(Cl)ccc12.Cl.Cl. The molecule has 0 fully saturated rings. The first-order chi connectivity index (χ1) is 13.5. The molecule has 0 radical (unpaired) electrons. The fraction of sp³-hybridized carbons (Fsp3) is 0.208. The van der Waals surface area contributed by atoms with Gasteiger partial charge in [-0.15, -0.1) is 24.8 Å². The number of rotatable bonds is 5. The van der Waals surface area contributed by atoms with Gasteiger partial charge < -0.3 is 11.1 Å². The van der Waals surface area contributed by atoms with E-state index in [4.69, 9.17) is 17.3 Å². The van der Waals surface area contributed by atoms with Gasteiger partial charge in [0.2, 0.25) is 0 Å². The molecule has 3 nitrogen and oxygen atoms in total. The normalized spacial score (nSPS) is 12.3. The van der Waals surface area contributed by atoms with Gasteiger partial charge in [-0.3, -0.25) is 4.98 Å². The van der Waals surface area contributed by atoms with Crippen molar-refractivity contribution in [2.45, 2.75) is 32.0 Å². The van der Waals surface area contributed by atoms with Gasteiger partial charge in [-0.1, -0.05) is 60.1 Å². The molecule has 4 rings (SSSR count). The Bertz CT molecular complexity index is 1140. The first-order valence-corrected chi connectivity index (χ1v) is 9.85. The summed E-state index contributed by atoms with van der Waals surface area (Å²) in [5.74, 6) is 0. The second-order valence-corrected chi connectivity index (χ2v) is 8.19. The van der Waals surface area contributed by atoms with Gasteiger partial charge in [0.1, 0.15) is 0 Å². The summed E-state index contributed by atoms with van der Waals surface area (Å²) >= 11 is 6.12. The standard InChI is InChI=1S/C24H24ClN3.2ClH/c1-24(2,28-15-17-8-5-7-16-6-3-4-9-19(16)17)23(26)21-12-13-27-22-14-18(25)10-11-20(21)22;;/h3-14,23,28H,15,26H2,1-2H3;2*1H. The molecule has 0 bridgehead atoms. The average molecular weight is 463 g/mol. The summed E-state index contributed by atoms with van der Waals surface area (Å²) in [6.45, 7) is 5.03. The Morgan fingerprint density at radius 1 is 0.967 bits per heavy atom. The summed E-state index contributed by atoms with van der Waals surface area (Å²) in [4.78, 5) is 4.43. The van der Waals surface area contributed by atoms with Gasteiger partial charge in [0, 0.05) is 34.7 Å². The van der Waals surface area contributed by atoms with Crippen LogP contribution in [-0.4, -0.2) is 10.5 Å². The molecule has 1 aromatic heterocycles. The highest BCUT2D eigenvalue weighted by Crippen LogP contribution is 2.30. The van der Waals surface area contributed by atoms with Gasteiger partial charge in [0.15, 0.2) is 0 Å². The van der Waals surface area contributed by atoms with Crippen LogP contribution >= 0.6 is 36.4 Å². The maximum Gasteiger partial charge on any atom is 0.0720 e. The van der Waals surface area contributed by atoms with Crippen molar-refractivity contribution in [1.29, 1.82) is 0 Å². The second kappa shape index (κ2) is 9.95. The number of hydrogen-bond acceptors (Lipinski definition) is 3. The molecular formula is C24H26Cl3N3. The van der Waals surface area contributed by atoms with Crippen molar-refractivity contribution < 1.29 is 0 Å². The minimum Gasteiger partial charge on any atom is -0.322 e. The number of aromatic nitrogens is 1. The molecule has 1 heterocycles. The number of pyridine rings is 1. The molecule has 0 amide bonds. The van der Waals surface area contributed by atoms with E-state index in [0.29, 0.717) is 5.02 Å². The molecule has 1 atom stereocenters. The molecule has 0 aliphatic heterocycles. The van der Waals surface area contributed by atoms with Crippen LogP contribution in [0, 0.1) is 0 Å². The van der Waals surface area contributed by atoms with E-state index in [0.717, 1.165) is 23.0 Å². The molecule has 3 aromatic carbocycles. The average Bonchev–Trinajstić information content (AvgIpc) is 2.71. The minimum absolute atomic E-state index is 0. The minimum atomic E-state index is -0.315. The zero-order valence-electron chi connectivity index (χ0n) is 16.9. The Labute approximate surface area is 194 Å². The summed E-state index contributed by atoms with van der Waals surface area (Å²) in [5.41, 5.74) is 9.62. The van der Waals surface area contributed by atoms with Crippen molar-refractivity contribution in [3.05, 3.63) is 89.1 Å². The van der Waals surface area contributed by atoms with Gasteiger partial charge in [0.25, 0.3) is 0 Å². The van der Waals surface area contributed by atoms with Gasteiger partial charge in [-0.2, -0.15) is 0 Å². The fourth-order valence-electron chi connectivity index (χ4n) is 3.68. The number of nitrogens with one attached hydrogen (secondary N) is 1. The monoisotopic (exact) mass is 461 g/mol. The molecule has 1 unspecified atom stereocenters. The molecule has 158 valence electrons. The summed E-state index contributed by atoms with van der Waals surface area (Å²) in [6.07, 6.45) is 1.80. The first-order valence-electron chi connectivity index (χ1n) is 9.47. The van der Waals surface area contributed by atoms with Crippen LogP contribution in [0.15, 0.2) is 72.9 Å². The van der Waals surface area contributed by atoms with Gasteiger partial charge >= 0.3 is 0 Å². The molecule has 6 heteroatoms. The van der Waals surface area contributed by atoms with Crippen molar-refractivity contribution in [2.24, 2.45) is 5.73 Å². The number of benzene rings is 3. The molecular weight excluding hydrogens is 437 g/mol. The number of hydrogen-bond donors (Lipinski definition) is 2. The Balaban J connectivity index is 0.00000160. The van der Waals surface area contributed by atoms with Crippen LogP contribution in [-0.2, 0) is 6.54 Å². The number of fused-ring (bicyclic) bond motifs is 2. The summed E-state index contributed by atoms with van der Waals surface area (Å²) in [7, 11) is 0. The van der Waals surface area contributed by atoms with Crippen molar-refractivity contribution >= 4 is 58.1 Å². The third-order valence-corrected chi connectivity index (χ3v) is 5.70. The topological polar surface area (TPSA) is 50.9 Å². The lowest BCUT2D eigenvalue weighted by atomic mass is 9.87. The predicted octanol–water partition coefficient (Wildman–Crippen LogP) is 6.45. The lowest BCUT2D eigenvalue weighted by molar-refractivity contribution is 0.322. The molecule has 0 saturated heterocycles. The molecule has 3 N–H and O–H groups in total. The predicted molar refractivity (Wildman–Crippen MR) is 133 cm³/mol. The lowest BCUT2D eigenvalue weighted by Crippen LogP contribution is -2.48. The van der Waals surface area contributed by atoms with Gasteiger partial charge in [-0.25, -0.2) is 0 Å². The highest BCUT2D eigenvalue weighted by atomic mass is 35.5. The van der Waals surface area contributed by atoms with Crippen molar-refractivity contribution in [2.75, 3.05) is 0 Å². The largest absolute Gasteiger partial charge is 0.322 e. The van der Waals surface area contributed by atoms with E-state index >= 15 is 0 Å². The molecule has 0 aliphatic rings. The molecule has 30 heavy (non-hydrogen) atoms. The number of nitrogens with zero attached hydrogens (tertiary/aromatic N) is 1. The smallest absolute Gasteiger partial charge is 0.0720 e. The second-order valence-electron chi connectivity index (χ2n) is 7.75. The van der Waals surface area contributed by atoms with Crippen molar-refractivity contribution in [3.63, 3.8) is 0 Å². The molecule has 0 spiro atoms. The molecule has 0 saturated carbocycles. The van der Waals surface area contributed by atoms with E-state index < -0.39 is 0 Å². The van der Waals surface area contributed by atoms with Crippen molar-refractivity contribution in [3.8, 4) is 0 Å². The fourth-order valence-corrected chi connectivity index (χ4v) is 3.85. The molecule has 4 aromatic rings. The lowest BCUT2D eigenvalue weighted by Gasteiger charge is -2.34. The van der Waals surface area contributed by atoms with Crippen LogP contribution in [0.1, 0.15) is 31.0 Å². The van der Waals surface area contributed by atoms with Crippen LogP contribution in [0.2, 0.25) is 5.02 Å². The Morgan fingerprint density at radius 2 is 1.70 bits per heavy atom. The summed E-state index contributed by atoms with van der Waals surface area (Å²) in [6, 6.07) is 22.4. The van der Waals surface area contributed by atoms with Crippen LogP contribution < -0.4 is 11.1 Å². The quantitative estimate of drug-likeness (QED) is 0.358. The Hall–Kier alpha value is -1.88. The van der Waals surface area contributed by atoms with Crippen LogP contribution in [0.25, 0.3) is 21.7 Å². The van der Waals surface area contributed by atoms with Crippen LogP contribution in [0.4, 0.5) is 0 Å². The third-order valence-electron chi connectivity index (χ3n) is 5.47. The number of nitrogens with two attached hydrogens (primary N) is 1. The van der Waals surface area contributed by atoms with E-state index in [1.54, 1.807) is 6.20 Å². The van der Waals surface area contributed by atoms with Gasteiger partial charge in [0.05, 0.1) is 5.52 Å². The Morgan fingerprint density at radius 3 is 2.50 bits per heavy atom. The maximum absolute atomic E-state index is 6.73. The third kappa shape index (κ3) is 4.88. The highest BCUT2D eigenvalue weighted by Gasteiger charge is 2.28. The zero-order chi connectivity index (χ0) is 19.7. The van der Waals surface area contributed by atoms with Crippen LogP contribution in [0.5, 0.6) is 0 Å². The maximum atomic E-state index is 6.73. The number of halogens is 3. The van der Waals surface area contributed by atoms with E-state index in [9.17, 15) is 0 Å². The van der Waals surface area contributed by atoms with Crippen LogP contribution in [0.3, 0.4) is 0 Å². The summed E-state index contributed by atoms with van der Waals surface area (Å²) in [5, 5.41) is 7.91. The summed E-state index contributed by atoms with van der Waals surface area (Å²) < 4.78 is 0. The van der Waals surface area contributed by atoms with Crippen molar-refractivity contribution in [1.82, 2.24) is 10.3 Å². The Kier molecular flexibility index (Phi) is 8.09. The van der Waals surface area contributed by atoms with E-state index in [2.05, 4.69) is 66.6 Å². The first kappa shape index (κ1) is 24.4. The zero-order valence-corrected chi connectivity index (χ0v) is 19.3. The highest BCUT2D eigenvalue weighted by molar-refractivity contribution is 6.31.